The van der Waals surface area contributed by atoms with Crippen LogP contribution in [0.25, 0.3) is 33.1 Å². The molecule has 11 heteroatoms. The van der Waals surface area contributed by atoms with Gasteiger partial charge in [0.2, 0.25) is 0 Å². The molecule has 4 aromatic carbocycles. The highest BCUT2D eigenvalue weighted by Gasteiger charge is 2.27. The van der Waals surface area contributed by atoms with E-state index in [1.54, 1.807) is 55.5 Å². The molecule has 0 fully saturated rings. The van der Waals surface area contributed by atoms with Crippen LogP contribution in [0.15, 0.2) is 83.3 Å². The zero-order valence-corrected chi connectivity index (χ0v) is 20.3. The SMILES string of the molecule is CCOC(=O)c1c(-c2ccccc2)oc2c1cc(OC(=O)c1cc([N+](=O)[O-])cc([N+](=O)[O-])c1)c1ccccc12. The smallest absolute Gasteiger partial charge is 0.344 e. The molecule has 0 bridgehead atoms. The van der Waals surface area contributed by atoms with Crippen molar-refractivity contribution in [2.45, 2.75) is 6.92 Å². The molecule has 39 heavy (non-hydrogen) atoms. The molecule has 0 saturated heterocycles. The number of ether oxygens (including phenoxy) is 2. The van der Waals surface area contributed by atoms with Crippen LogP contribution in [0.1, 0.15) is 27.6 Å². The van der Waals surface area contributed by atoms with E-state index >= 15 is 0 Å². The van der Waals surface area contributed by atoms with Crippen molar-refractivity contribution in [3.63, 3.8) is 0 Å². The number of hydrogen-bond acceptors (Lipinski definition) is 9. The Balaban J connectivity index is 1.71. The molecule has 1 aromatic heterocycles. The number of esters is 2. The summed E-state index contributed by atoms with van der Waals surface area (Å²) in [4.78, 5) is 47.1. The van der Waals surface area contributed by atoms with Gasteiger partial charge in [-0.25, -0.2) is 9.59 Å². The number of carbonyl (C=O) groups is 2. The molecule has 0 aliphatic heterocycles. The average Bonchev–Trinajstić information content (AvgIpc) is 3.33. The first-order valence-corrected chi connectivity index (χ1v) is 11.6. The van der Waals surface area contributed by atoms with Crippen LogP contribution in [0.5, 0.6) is 5.75 Å². The number of nitrogens with zero attached hydrogens (tertiary/aromatic N) is 2. The van der Waals surface area contributed by atoms with Gasteiger partial charge in [-0.2, -0.15) is 0 Å². The van der Waals surface area contributed by atoms with E-state index in [2.05, 4.69) is 0 Å². The molecule has 0 unspecified atom stereocenters. The maximum atomic E-state index is 13.1. The fourth-order valence-electron chi connectivity index (χ4n) is 4.25. The van der Waals surface area contributed by atoms with Crippen LogP contribution in [-0.2, 0) is 4.74 Å². The van der Waals surface area contributed by atoms with Crippen molar-refractivity contribution < 1.29 is 33.3 Å². The van der Waals surface area contributed by atoms with Gasteiger partial charge in [0.15, 0.2) is 0 Å². The van der Waals surface area contributed by atoms with E-state index in [0.29, 0.717) is 27.3 Å². The zero-order valence-electron chi connectivity index (χ0n) is 20.3. The molecule has 0 aliphatic rings. The van der Waals surface area contributed by atoms with Crippen LogP contribution in [0.4, 0.5) is 11.4 Å². The number of non-ortho nitro benzene ring substituents is 2. The van der Waals surface area contributed by atoms with Crippen LogP contribution in [-0.4, -0.2) is 28.4 Å². The molecular formula is C28H18N2O9. The second-order valence-electron chi connectivity index (χ2n) is 8.33. The molecule has 0 atom stereocenters. The minimum atomic E-state index is -1.06. The van der Waals surface area contributed by atoms with Gasteiger partial charge in [0.25, 0.3) is 11.4 Å². The summed E-state index contributed by atoms with van der Waals surface area (Å²) in [7, 11) is 0. The highest BCUT2D eigenvalue weighted by Crippen LogP contribution is 2.41. The summed E-state index contributed by atoms with van der Waals surface area (Å²) >= 11 is 0. The standard InChI is InChI=1S/C28H18N2O9/c1-2-37-28(32)24-22-15-23(38-27(31)17-12-18(29(33)34)14-19(13-17)30(35)36)20-10-6-7-11-21(20)26(22)39-25(24)16-8-4-3-5-9-16/h3-15H,2H2,1H3. The summed E-state index contributed by atoms with van der Waals surface area (Å²) in [6, 6.07) is 19.8. The first-order valence-electron chi connectivity index (χ1n) is 11.6. The van der Waals surface area contributed by atoms with Crippen molar-refractivity contribution >= 4 is 45.1 Å². The van der Waals surface area contributed by atoms with Crippen molar-refractivity contribution in [1.82, 2.24) is 0 Å². The van der Waals surface area contributed by atoms with Crippen molar-refractivity contribution in [3.8, 4) is 17.1 Å². The van der Waals surface area contributed by atoms with Gasteiger partial charge < -0.3 is 13.9 Å². The molecule has 1 heterocycles. The minimum Gasteiger partial charge on any atom is -0.462 e. The second kappa shape index (κ2) is 10.1. The highest BCUT2D eigenvalue weighted by atomic mass is 16.6. The third-order valence-electron chi connectivity index (χ3n) is 5.94. The Hall–Kier alpha value is -5.58. The van der Waals surface area contributed by atoms with E-state index in [1.807, 2.05) is 6.07 Å². The van der Waals surface area contributed by atoms with Gasteiger partial charge in [-0.3, -0.25) is 20.2 Å². The summed E-state index contributed by atoms with van der Waals surface area (Å²) in [5.74, 6) is -1.41. The van der Waals surface area contributed by atoms with E-state index in [-0.39, 0.29) is 29.2 Å². The number of carbonyl (C=O) groups excluding carboxylic acids is 2. The van der Waals surface area contributed by atoms with E-state index in [9.17, 15) is 29.8 Å². The van der Waals surface area contributed by atoms with E-state index in [1.165, 1.54) is 6.07 Å². The Bertz CT molecular complexity index is 1760. The predicted molar refractivity (Wildman–Crippen MR) is 140 cm³/mol. The lowest BCUT2D eigenvalue weighted by molar-refractivity contribution is -0.394. The molecule has 0 amide bonds. The van der Waals surface area contributed by atoms with Crippen LogP contribution in [0.2, 0.25) is 0 Å². The van der Waals surface area contributed by atoms with E-state index in [4.69, 9.17) is 13.9 Å². The van der Waals surface area contributed by atoms with Crippen LogP contribution in [0, 0.1) is 20.2 Å². The Labute approximate surface area is 219 Å². The molecular weight excluding hydrogens is 508 g/mol. The summed E-state index contributed by atoms with van der Waals surface area (Å²) < 4.78 is 17.1. The van der Waals surface area contributed by atoms with Crippen molar-refractivity contribution in [3.05, 3.63) is 110 Å². The van der Waals surface area contributed by atoms with Gasteiger partial charge in [0, 0.05) is 33.9 Å². The lowest BCUT2D eigenvalue weighted by atomic mass is 10.0. The van der Waals surface area contributed by atoms with E-state index in [0.717, 1.165) is 18.2 Å². The number of rotatable bonds is 7. The topological polar surface area (TPSA) is 152 Å². The monoisotopic (exact) mass is 526 g/mol. The molecule has 194 valence electrons. The normalized spacial score (nSPS) is 10.9. The molecule has 5 rings (SSSR count). The molecule has 0 spiro atoms. The van der Waals surface area contributed by atoms with Gasteiger partial charge in [-0.1, -0.05) is 54.6 Å². The fraction of sp³-hybridized carbons (Fsp3) is 0.0714. The first kappa shape index (κ1) is 25.1. The van der Waals surface area contributed by atoms with Crippen molar-refractivity contribution in [1.29, 1.82) is 0 Å². The fourth-order valence-corrected chi connectivity index (χ4v) is 4.25. The highest BCUT2D eigenvalue weighted by molar-refractivity contribution is 6.17. The molecule has 5 aromatic rings. The molecule has 0 N–H and O–H groups in total. The third-order valence-corrected chi connectivity index (χ3v) is 5.94. The predicted octanol–water partition coefficient (Wildman–Crippen LogP) is 6.47. The Morgan fingerprint density at radius 1 is 0.795 bits per heavy atom. The maximum absolute atomic E-state index is 13.1. The van der Waals surface area contributed by atoms with Crippen LogP contribution >= 0.6 is 0 Å². The number of nitro benzene ring substituents is 2. The Kier molecular flexibility index (Phi) is 6.47. The van der Waals surface area contributed by atoms with E-state index < -0.39 is 33.2 Å². The summed E-state index contributed by atoms with van der Waals surface area (Å²) in [5, 5.41) is 23.8. The molecule has 0 aliphatic carbocycles. The second-order valence-corrected chi connectivity index (χ2v) is 8.33. The lowest BCUT2D eigenvalue weighted by Gasteiger charge is -2.09. The third kappa shape index (κ3) is 4.64. The summed E-state index contributed by atoms with van der Waals surface area (Å²) in [6.45, 7) is 1.78. The Morgan fingerprint density at radius 3 is 2.03 bits per heavy atom. The molecule has 11 nitrogen and oxygen atoms in total. The lowest BCUT2D eigenvalue weighted by Crippen LogP contribution is -2.10. The van der Waals surface area contributed by atoms with Gasteiger partial charge in [-0.05, 0) is 13.0 Å². The average molecular weight is 526 g/mol. The summed E-state index contributed by atoms with van der Waals surface area (Å²) in [5.41, 5.74) is -0.539. The largest absolute Gasteiger partial charge is 0.462 e. The number of nitro groups is 2. The van der Waals surface area contributed by atoms with Crippen LogP contribution < -0.4 is 4.74 Å². The Morgan fingerprint density at radius 2 is 1.41 bits per heavy atom. The van der Waals surface area contributed by atoms with Crippen molar-refractivity contribution in [2.75, 3.05) is 6.61 Å². The maximum Gasteiger partial charge on any atom is 0.344 e. The van der Waals surface area contributed by atoms with Gasteiger partial charge in [0.05, 0.1) is 28.1 Å². The number of fused-ring (bicyclic) bond motifs is 3. The van der Waals surface area contributed by atoms with Gasteiger partial charge in [-0.15, -0.1) is 0 Å². The first-order chi connectivity index (χ1) is 18.8. The summed E-state index contributed by atoms with van der Waals surface area (Å²) in [6.07, 6.45) is 0. The minimum absolute atomic E-state index is 0.0169. The molecule has 0 radical (unpaired) electrons. The number of furan rings is 1. The number of hydrogen-bond donors (Lipinski definition) is 0. The quantitative estimate of drug-likeness (QED) is 0.101. The van der Waals surface area contributed by atoms with Gasteiger partial charge >= 0.3 is 11.9 Å². The molecule has 0 saturated carbocycles. The zero-order chi connectivity index (χ0) is 27.7. The van der Waals surface area contributed by atoms with Crippen LogP contribution in [0.3, 0.4) is 0 Å². The van der Waals surface area contributed by atoms with Crippen molar-refractivity contribution in [2.24, 2.45) is 0 Å². The van der Waals surface area contributed by atoms with Gasteiger partial charge in [0.1, 0.15) is 22.7 Å². The number of benzene rings is 4.